The van der Waals surface area contributed by atoms with Crippen molar-refractivity contribution in [2.45, 2.75) is 56.3 Å². The lowest BCUT2D eigenvalue weighted by molar-refractivity contribution is -0.144. The minimum Gasteiger partial charge on any atom is -0.481 e. The van der Waals surface area contributed by atoms with Crippen LogP contribution in [-0.4, -0.2) is 93.2 Å². The molecule has 41 heavy (non-hydrogen) atoms. The molecule has 0 aliphatic carbocycles. The number of aliphatic hydroxyl groups is 1. The van der Waals surface area contributed by atoms with E-state index in [0.717, 1.165) is 16.5 Å². The van der Waals surface area contributed by atoms with Crippen LogP contribution in [0.5, 0.6) is 0 Å². The fraction of sp³-hybridized carbons (Fsp3) is 0.440. The van der Waals surface area contributed by atoms with Gasteiger partial charge in [0.1, 0.15) is 18.1 Å². The molecule has 0 radical (unpaired) electrons. The number of nitrogens with zero attached hydrogens (tertiary/aromatic N) is 1. The molecular weight excluding hydrogens is 540 g/mol. The van der Waals surface area contributed by atoms with Gasteiger partial charge in [0.05, 0.1) is 12.6 Å². The minimum atomic E-state index is -1.68. The molecule has 4 unspecified atom stereocenters. The Morgan fingerprint density at radius 1 is 0.902 bits per heavy atom. The van der Waals surface area contributed by atoms with Gasteiger partial charge in [-0.15, -0.1) is 0 Å². The third-order valence-corrected chi connectivity index (χ3v) is 6.11. The lowest BCUT2D eigenvalue weighted by Crippen LogP contribution is -2.57. The zero-order valence-corrected chi connectivity index (χ0v) is 22.2. The number of carbonyl (C=O) groups excluding carboxylic acids is 3. The number of guanidine groups is 1. The Bertz CT molecular complexity index is 1260. The Hall–Kier alpha value is -4.70. The zero-order valence-electron chi connectivity index (χ0n) is 22.2. The van der Waals surface area contributed by atoms with E-state index >= 15 is 0 Å². The van der Waals surface area contributed by atoms with E-state index in [1.54, 1.807) is 6.20 Å². The zero-order chi connectivity index (χ0) is 30.5. The molecule has 16 nitrogen and oxygen atoms in total. The van der Waals surface area contributed by atoms with E-state index in [1.165, 1.54) is 0 Å². The first-order valence-corrected chi connectivity index (χ1v) is 12.8. The monoisotopic (exact) mass is 576 g/mol. The second-order valence-electron chi connectivity index (χ2n) is 9.26. The molecule has 1 heterocycles. The molecule has 0 saturated heterocycles. The molecule has 4 atom stereocenters. The molecule has 2 aromatic rings. The van der Waals surface area contributed by atoms with Crippen LogP contribution in [0.25, 0.3) is 10.9 Å². The van der Waals surface area contributed by atoms with E-state index in [2.05, 4.69) is 20.6 Å². The number of nitrogens with two attached hydrogens (primary N) is 3. The maximum Gasteiger partial charge on any atom is 0.328 e. The fourth-order valence-electron chi connectivity index (χ4n) is 3.95. The number of carboxylic acids is 2. The number of carboxylic acid groups (broad SMARTS) is 2. The van der Waals surface area contributed by atoms with Crippen molar-refractivity contribution in [3.8, 4) is 0 Å². The van der Waals surface area contributed by atoms with Gasteiger partial charge in [-0.25, -0.2) is 4.79 Å². The molecule has 1 aromatic carbocycles. The average Bonchev–Trinajstić information content (AvgIpc) is 3.32. The van der Waals surface area contributed by atoms with Gasteiger partial charge in [0.25, 0.3) is 0 Å². The number of H-pyrrole nitrogens is 1. The van der Waals surface area contributed by atoms with Crippen LogP contribution in [0.3, 0.4) is 0 Å². The largest absolute Gasteiger partial charge is 0.481 e. The normalized spacial score (nSPS) is 13.8. The number of aliphatic hydroxyl groups excluding tert-OH is 1. The number of hydrogen-bond acceptors (Lipinski definition) is 8. The van der Waals surface area contributed by atoms with Gasteiger partial charge < -0.3 is 53.5 Å². The van der Waals surface area contributed by atoms with Gasteiger partial charge in [0, 0.05) is 30.1 Å². The quantitative estimate of drug-likeness (QED) is 0.0533. The second-order valence-corrected chi connectivity index (χ2v) is 9.26. The van der Waals surface area contributed by atoms with Gasteiger partial charge >= 0.3 is 11.9 Å². The smallest absolute Gasteiger partial charge is 0.328 e. The van der Waals surface area contributed by atoms with E-state index in [4.69, 9.17) is 27.4 Å². The summed E-state index contributed by atoms with van der Waals surface area (Å²) in [5.41, 5.74) is 18.5. The lowest BCUT2D eigenvalue weighted by atomic mass is 10.0. The number of aliphatic carboxylic acids is 2. The third kappa shape index (κ3) is 10.4. The van der Waals surface area contributed by atoms with Gasteiger partial charge in [-0.05, 0) is 37.3 Å². The van der Waals surface area contributed by atoms with E-state index in [0.29, 0.717) is 0 Å². The topological polar surface area (TPSA) is 288 Å². The number of rotatable bonds is 17. The van der Waals surface area contributed by atoms with Crippen molar-refractivity contribution >= 4 is 46.5 Å². The molecule has 0 aliphatic heterocycles. The van der Waals surface area contributed by atoms with Crippen molar-refractivity contribution in [1.82, 2.24) is 20.9 Å². The number of aromatic nitrogens is 1. The number of aromatic amines is 1. The number of fused-ring (bicyclic) bond motifs is 1. The van der Waals surface area contributed by atoms with Gasteiger partial charge in [-0.3, -0.25) is 24.2 Å². The fourth-order valence-corrected chi connectivity index (χ4v) is 3.95. The minimum absolute atomic E-state index is 0.0236. The Kier molecular flexibility index (Phi) is 12.5. The van der Waals surface area contributed by atoms with Crippen LogP contribution < -0.4 is 33.2 Å². The number of aliphatic imine (C=N–C) groups is 1. The Morgan fingerprint density at radius 3 is 2.12 bits per heavy atom. The summed E-state index contributed by atoms with van der Waals surface area (Å²) in [6.45, 7) is -0.804. The molecule has 0 spiro atoms. The van der Waals surface area contributed by atoms with Crippen LogP contribution in [0, 0.1) is 0 Å². The number of para-hydroxylation sites is 1. The first-order valence-electron chi connectivity index (χ1n) is 12.8. The first-order chi connectivity index (χ1) is 19.4. The van der Waals surface area contributed by atoms with Crippen LogP contribution in [0.2, 0.25) is 0 Å². The average molecular weight is 577 g/mol. The highest BCUT2D eigenvalue weighted by Gasteiger charge is 2.30. The predicted octanol–water partition coefficient (Wildman–Crippen LogP) is -2.51. The maximum atomic E-state index is 13.2. The summed E-state index contributed by atoms with van der Waals surface area (Å²) in [4.78, 5) is 68.2. The molecular formula is C25H36N8O8. The summed E-state index contributed by atoms with van der Waals surface area (Å²) in [7, 11) is 0. The number of nitrogens with one attached hydrogen (secondary N) is 4. The predicted molar refractivity (Wildman–Crippen MR) is 147 cm³/mol. The third-order valence-electron chi connectivity index (χ3n) is 6.11. The Morgan fingerprint density at radius 2 is 1.51 bits per heavy atom. The highest BCUT2D eigenvalue weighted by atomic mass is 16.4. The lowest BCUT2D eigenvalue weighted by Gasteiger charge is -2.24. The number of amides is 3. The van der Waals surface area contributed by atoms with E-state index in [-0.39, 0.29) is 38.2 Å². The molecule has 0 saturated carbocycles. The Labute approximate surface area is 234 Å². The SMILES string of the molecule is NC(N)=NCCCC(NC(=O)C(N)Cc1c[nH]c2ccccc12)C(=O)NC(CCC(=O)O)C(=O)NC(CO)C(=O)O. The van der Waals surface area contributed by atoms with Gasteiger partial charge in [0.15, 0.2) is 5.96 Å². The van der Waals surface area contributed by atoms with Crippen LogP contribution in [-0.2, 0) is 30.4 Å². The van der Waals surface area contributed by atoms with Crippen LogP contribution in [0.15, 0.2) is 35.5 Å². The maximum absolute atomic E-state index is 13.2. The molecule has 1 aromatic heterocycles. The van der Waals surface area contributed by atoms with Crippen LogP contribution in [0.4, 0.5) is 0 Å². The molecule has 3 amide bonds. The van der Waals surface area contributed by atoms with Crippen LogP contribution >= 0.6 is 0 Å². The summed E-state index contributed by atoms with van der Waals surface area (Å²) < 4.78 is 0. The summed E-state index contributed by atoms with van der Waals surface area (Å²) >= 11 is 0. The molecule has 0 aliphatic rings. The molecule has 0 bridgehead atoms. The van der Waals surface area contributed by atoms with Gasteiger partial charge in [0.2, 0.25) is 17.7 Å². The molecule has 16 heteroatoms. The summed E-state index contributed by atoms with van der Waals surface area (Å²) in [6, 6.07) is 2.02. The molecule has 2 rings (SSSR count). The van der Waals surface area contributed by atoms with E-state index < -0.39 is 66.9 Å². The molecule has 0 fully saturated rings. The Balaban J connectivity index is 2.18. The van der Waals surface area contributed by atoms with E-state index in [1.807, 2.05) is 29.6 Å². The van der Waals surface area contributed by atoms with Crippen molar-refractivity contribution in [2.24, 2.45) is 22.2 Å². The van der Waals surface area contributed by atoms with Crippen molar-refractivity contribution in [2.75, 3.05) is 13.2 Å². The summed E-state index contributed by atoms with van der Waals surface area (Å²) in [5, 5.41) is 35.2. The van der Waals surface area contributed by atoms with Crippen molar-refractivity contribution in [1.29, 1.82) is 0 Å². The second kappa shape index (κ2) is 15.8. The van der Waals surface area contributed by atoms with Gasteiger partial charge in [-0.1, -0.05) is 18.2 Å². The van der Waals surface area contributed by atoms with Crippen molar-refractivity contribution in [3.63, 3.8) is 0 Å². The van der Waals surface area contributed by atoms with Crippen molar-refractivity contribution < 1.29 is 39.3 Å². The highest BCUT2D eigenvalue weighted by Crippen LogP contribution is 2.19. The standard InChI is InChI=1S/C25H36N8O8/c26-15(10-13-11-30-16-5-2-1-4-14(13)16)21(37)31-17(6-3-9-29-25(27)28)22(38)32-18(7-8-20(35)36)23(39)33-19(12-34)24(40)41/h1-2,4-5,11,15,17-19,30,34H,3,6-10,12,26H2,(H,31,37)(H,32,38)(H,33,39)(H,35,36)(H,40,41)(H4,27,28,29). The molecule has 13 N–H and O–H groups in total. The van der Waals surface area contributed by atoms with Gasteiger partial charge in [-0.2, -0.15) is 0 Å². The summed E-state index contributed by atoms with van der Waals surface area (Å²) in [5.74, 6) is -5.49. The number of hydrogen-bond donors (Lipinski definition) is 10. The summed E-state index contributed by atoms with van der Waals surface area (Å²) in [6.07, 6.45) is 1.23. The number of benzene rings is 1. The highest BCUT2D eigenvalue weighted by molar-refractivity contribution is 5.94. The number of carbonyl (C=O) groups is 5. The van der Waals surface area contributed by atoms with E-state index in [9.17, 15) is 29.1 Å². The first kappa shape index (κ1) is 32.5. The van der Waals surface area contributed by atoms with Crippen LogP contribution in [0.1, 0.15) is 31.2 Å². The molecule has 224 valence electrons. The van der Waals surface area contributed by atoms with Crippen molar-refractivity contribution in [3.05, 3.63) is 36.0 Å².